The number of carboxylic acids is 1. The van der Waals surface area contributed by atoms with Crippen LogP contribution in [0, 0.1) is 0 Å². The molecule has 98 valence electrons. The second kappa shape index (κ2) is 4.25. The van der Waals surface area contributed by atoms with E-state index in [4.69, 9.17) is 28.3 Å². The molecule has 3 rings (SSSR count). The smallest absolute Gasteiger partial charge is 0.341 e. The SMILES string of the molecule is O=C(O)c1cn(C2CC2)c2cc(Cl)cc(Cl)c2c1=O. The molecule has 0 saturated heterocycles. The lowest BCUT2D eigenvalue weighted by atomic mass is 10.1. The molecule has 19 heavy (non-hydrogen) atoms. The lowest BCUT2D eigenvalue weighted by Crippen LogP contribution is -2.19. The van der Waals surface area contributed by atoms with Crippen LogP contribution in [0.25, 0.3) is 10.9 Å². The average molecular weight is 298 g/mol. The van der Waals surface area contributed by atoms with E-state index >= 15 is 0 Å². The molecule has 1 aromatic heterocycles. The zero-order chi connectivity index (χ0) is 13.7. The second-order valence-corrected chi connectivity index (χ2v) is 5.44. The first-order valence-corrected chi connectivity index (χ1v) is 6.52. The zero-order valence-electron chi connectivity index (χ0n) is 9.69. The van der Waals surface area contributed by atoms with Crippen molar-refractivity contribution in [2.24, 2.45) is 0 Å². The van der Waals surface area contributed by atoms with Crippen LogP contribution in [-0.4, -0.2) is 15.6 Å². The van der Waals surface area contributed by atoms with Gasteiger partial charge in [-0.25, -0.2) is 4.79 Å². The number of carbonyl (C=O) groups is 1. The van der Waals surface area contributed by atoms with Gasteiger partial charge in [-0.3, -0.25) is 4.79 Å². The average Bonchev–Trinajstić information content (AvgIpc) is 3.11. The Bertz CT molecular complexity index is 763. The van der Waals surface area contributed by atoms with Crippen molar-refractivity contribution in [1.29, 1.82) is 0 Å². The highest BCUT2D eigenvalue weighted by atomic mass is 35.5. The molecule has 6 heteroatoms. The Morgan fingerprint density at radius 3 is 2.58 bits per heavy atom. The fraction of sp³-hybridized carbons (Fsp3) is 0.231. The van der Waals surface area contributed by atoms with Gasteiger partial charge in [0.2, 0.25) is 5.43 Å². The van der Waals surface area contributed by atoms with Gasteiger partial charge in [0.1, 0.15) is 5.56 Å². The summed E-state index contributed by atoms with van der Waals surface area (Å²) in [5.41, 5.74) is -0.236. The van der Waals surface area contributed by atoms with Gasteiger partial charge in [0.25, 0.3) is 0 Å². The van der Waals surface area contributed by atoms with Crippen molar-refractivity contribution in [3.05, 3.63) is 44.2 Å². The maximum atomic E-state index is 12.2. The molecule has 1 N–H and O–H groups in total. The predicted molar refractivity (Wildman–Crippen MR) is 73.5 cm³/mol. The van der Waals surface area contributed by atoms with E-state index in [1.807, 2.05) is 0 Å². The van der Waals surface area contributed by atoms with Crippen LogP contribution >= 0.6 is 23.2 Å². The molecule has 0 spiro atoms. The van der Waals surface area contributed by atoms with Gasteiger partial charge < -0.3 is 9.67 Å². The number of hydrogen-bond acceptors (Lipinski definition) is 2. The third-order valence-corrected chi connectivity index (χ3v) is 3.74. The largest absolute Gasteiger partial charge is 0.477 e. The summed E-state index contributed by atoms with van der Waals surface area (Å²) in [6, 6.07) is 3.32. The molecule has 0 bridgehead atoms. The minimum absolute atomic E-state index is 0.185. The fourth-order valence-corrected chi connectivity index (χ4v) is 2.77. The predicted octanol–water partition coefficient (Wildman–Crippen LogP) is 3.34. The van der Waals surface area contributed by atoms with E-state index in [9.17, 15) is 9.59 Å². The topological polar surface area (TPSA) is 59.3 Å². The first-order chi connectivity index (χ1) is 8.99. The van der Waals surface area contributed by atoms with Crippen molar-refractivity contribution in [2.75, 3.05) is 0 Å². The molecular weight excluding hydrogens is 289 g/mol. The van der Waals surface area contributed by atoms with E-state index in [2.05, 4.69) is 0 Å². The van der Waals surface area contributed by atoms with E-state index in [1.165, 1.54) is 12.3 Å². The van der Waals surface area contributed by atoms with Crippen LogP contribution in [0.4, 0.5) is 0 Å². The number of halogens is 2. The summed E-state index contributed by atoms with van der Waals surface area (Å²) in [7, 11) is 0. The fourth-order valence-electron chi connectivity index (χ4n) is 2.20. The second-order valence-electron chi connectivity index (χ2n) is 4.60. The molecule has 0 aliphatic heterocycles. The highest BCUT2D eigenvalue weighted by Gasteiger charge is 2.27. The number of nitrogens with zero attached hydrogens (tertiary/aromatic N) is 1. The number of benzene rings is 1. The molecule has 4 nitrogen and oxygen atoms in total. The van der Waals surface area contributed by atoms with Crippen LogP contribution in [-0.2, 0) is 0 Å². The Hall–Kier alpha value is -1.52. The van der Waals surface area contributed by atoms with Crippen molar-refractivity contribution in [2.45, 2.75) is 18.9 Å². The van der Waals surface area contributed by atoms with E-state index in [-0.39, 0.29) is 22.0 Å². The van der Waals surface area contributed by atoms with Gasteiger partial charge in [-0.05, 0) is 25.0 Å². The number of carboxylic acid groups (broad SMARTS) is 1. The highest BCUT2D eigenvalue weighted by molar-refractivity contribution is 6.38. The van der Waals surface area contributed by atoms with Crippen LogP contribution in [0.5, 0.6) is 0 Å². The number of pyridine rings is 1. The van der Waals surface area contributed by atoms with Crippen LogP contribution < -0.4 is 5.43 Å². The maximum absolute atomic E-state index is 12.2. The molecule has 0 unspecified atom stereocenters. The van der Waals surface area contributed by atoms with Gasteiger partial charge in [0, 0.05) is 17.3 Å². The van der Waals surface area contributed by atoms with Crippen LogP contribution in [0.15, 0.2) is 23.1 Å². The van der Waals surface area contributed by atoms with Crippen LogP contribution in [0.3, 0.4) is 0 Å². The summed E-state index contributed by atoms with van der Waals surface area (Å²) in [6.07, 6.45) is 3.31. The van der Waals surface area contributed by atoms with Gasteiger partial charge >= 0.3 is 5.97 Å². The Balaban J connectivity index is 2.49. The molecular formula is C13H9Cl2NO3. The molecule has 2 aromatic rings. The first kappa shape index (κ1) is 12.5. The van der Waals surface area contributed by atoms with E-state index in [0.29, 0.717) is 10.5 Å². The van der Waals surface area contributed by atoms with Crippen LogP contribution in [0.2, 0.25) is 10.0 Å². The van der Waals surface area contributed by atoms with Crippen molar-refractivity contribution >= 4 is 40.1 Å². The summed E-state index contributed by atoms with van der Waals surface area (Å²) < 4.78 is 1.79. The molecule has 1 saturated carbocycles. The molecule has 1 heterocycles. The molecule has 0 amide bonds. The highest BCUT2D eigenvalue weighted by Crippen LogP contribution is 2.38. The molecule has 0 atom stereocenters. The summed E-state index contributed by atoms with van der Waals surface area (Å²) >= 11 is 12.0. The number of aromatic carboxylic acids is 1. The molecule has 1 aliphatic rings. The quantitative estimate of drug-likeness (QED) is 0.925. The third kappa shape index (κ3) is 2.01. The summed E-state index contributed by atoms with van der Waals surface area (Å²) in [6.45, 7) is 0. The Morgan fingerprint density at radius 2 is 2.00 bits per heavy atom. The van der Waals surface area contributed by atoms with Crippen molar-refractivity contribution < 1.29 is 9.90 Å². The molecule has 1 aromatic carbocycles. The number of rotatable bonds is 2. The molecule has 1 fully saturated rings. The maximum Gasteiger partial charge on any atom is 0.341 e. The first-order valence-electron chi connectivity index (χ1n) is 5.76. The lowest BCUT2D eigenvalue weighted by Gasteiger charge is -2.12. The Morgan fingerprint density at radius 1 is 1.32 bits per heavy atom. The summed E-state index contributed by atoms with van der Waals surface area (Å²) in [5, 5.41) is 9.95. The van der Waals surface area contributed by atoms with E-state index < -0.39 is 11.4 Å². The summed E-state index contributed by atoms with van der Waals surface area (Å²) in [5.74, 6) is -1.24. The van der Waals surface area contributed by atoms with Gasteiger partial charge in [-0.1, -0.05) is 23.2 Å². The monoisotopic (exact) mass is 297 g/mol. The Kier molecular flexibility index (Phi) is 2.80. The summed E-state index contributed by atoms with van der Waals surface area (Å²) in [4.78, 5) is 23.3. The normalized spacial score (nSPS) is 14.8. The zero-order valence-corrected chi connectivity index (χ0v) is 11.2. The third-order valence-electron chi connectivity index (χ3n) is 3.22. The van der Waals surface area contributed by atoms with E-state index in [1.54, 1.807) is 10.6 Å². The Labute approximate surface area is 118 Å². The van der Waals surface area contributed by atoms with Crippen molar-refractivity contribution in [1.82, 2.24) is 4.57 Å². The van der Waals surface area contributed by atoms with Gasteiger partial charge in [-0.15, -0.1) is 0 Å². The standard InChI is InChI=1S/C13H9Cl2NO3/c14-6-3-9(15)11-10(4-6)16(7-1-2-7)5-8(12(11)17)13(18)19/h3-5,7H,1-2H2,(H,18,19). The molecule has 1 aliphatic carbocycles. The number of fused-ring (bicyclic) bond motifs is 1. The van der Waals surface area contributed by atoms with E-state index in [0.717, 1.165) is 12.8 Å². The number of aromatic nitrogens is 1. The van der Waals surface area contributed by atoms with Crippen LogP contribution in [0.1, 0.15) is 29.2 Å². The minimum atomic E-state index is -1.24. The molecule has 0 radical (unpaired) electrons. The van der Waals surface area contributed by atoms with Crippen molar-refractivity contribution in [3.63, 3.8) is 0 Å². The van der Waals surface area contributed by atoms with Crippen molar-refractivity contribution in [3.8, 4) is 0 Å². The number of hydrogen-bond donors (Lipinski definition) is 1. The van der Waals surface area contributed by atoms with Gasteiger partial charge in [0.05, 0.1) is 15.9 Å². The van der Waals surface area contributed by atoms with Gasteiger partial charge in [-0.2, -0.15) is 0 Å². The lowest BCUT2D eigenvalue weighted by molar-refractivity contribution is 0.0695. The minimum Gasteiger partial charge on any atom is -0.477 e. The van der Waals surface area contributed by atoms with Gasteiger partial charge in [0.15, 0.2) is 0 Å².